The van der Waals surface area contributed by atoms with Gasteiger partial charge in [-0.15, -0.1) is 12.4 Å². The van der Waals surface area contributed by atoms with Crippen molar-refractivity contribution in [2.75, 3.05) is 5.73 Å². The average Bonchev–Trinajstić information content (AvgIpc) is 1.87. The number of rotatable bonds is 0. The molecule has 3 N–H and O–H groups in total. The van der Waals surface area contributed by atoms with E-state index in [0.717, 1.165) is 0 Å². The average molecular weight is 170 g/mol. The number of hydrogen-bond donors (Lipinski definition) is 2. The van der Waals surface area contributed by atoms with Crippen LogP contribution in [-0.4, -0.2) is 9.36 Å². The summed E-state index contributed by atoms with van der Waals surface area (Å²) in [5, 5.41) is 0.491. The second-order valence-corrected chi connectivity index (χ2v) is 2.17. The Labute approximate surface area is 61.5 Å². The lowest BCUT2D eigenvalue weighted by Crippen LogP contribution is -1.78. The zero-order chi connectivity index (χ0) is 5.28. The Bertz CT molecular complexity index is 203. The molecule has 46 valence electrons. The molecular formula is C2H4ClN3S2. The summed E-state index contributed by atoms with van der Waals surface area (Å²) >= 11 is 5.84. The van der Waals surface area contributed by atoms with Gasteiger partial charge in [-0.3, -0.25) is 4.37 Å². The van der Waals surface area contributed by atoms with Crippen molar-refractivity contribution < 1.29 is 0 Å². The van der Waals surface area contributed by atoms with E-state index >= 15 is 0 Å². The van der Waals surface area contributed by atoms with E-state index in [1.165, 1.54) is 11.5 Å². The Morgan fingerprint density at radius 1 is 1.75 bits per heavy atom. The first-order valence-corrected chi connectivity index (χ1v) is 2.82. The summed E-state index contributed by atoms with van der Waals surface area (Å²) in [6, 6.07) is 0. The molecule has 0 aliphatic heterocycles. The van der Waals surface area contributed by atoms with Crippen molar-refractivity contribution in [3.05, 3.63) is 4.77 Å². The van der Waals surface area contributed by atoms with E-state index in [-0.39, 0.29) is 12.4 Å². The maximum absolute atomic E-state index is 5.19. The van der Waals surface area contributed by atoms with Gasteiger partial charge < -0.3 is 5.73 Å². The van der Waals surface area contributed by atoms with E-state index in [2.05, 4.69) is 21.6 Å². The van der Waals surface area contributed by atoms with E-state index in [9.17, 15) is 0 Å². The smallest absolute Gasteiger partial charge is 0.209 e. The van der Waals surface area contributed by atoms with Crippen LogP contribution >= 0.6 is 36.2 Å². The molecule has 1 aromatic heterocycles. The number of aromatic amines is 1. The highest BCUT2D eigenvalue weighted by atomic mass is 35.5. The summed E-state index contributed by atoms with van der Waals surface area (Å²) in [5.41, 5.74) is 5.19. The first-order valence-electron chi connectivity index (χ1n) is 1.60. The van der Waals surface area contributed by atoms with Gasteiger partial charge in [-0.05, 0) is 23.8 Å². The molecule has 1 aromatic rings. The molecule has 0 aliphatic rings. The topological polar surface area (TPSA) is 54.7 Å². The fraction of sp³-hybridized carbons (Fsp3) is 0. The van der Waals surface area contributed by atoms with Crippen LogP contribution in [-0.2, 0) is 0 Å². The monoisotopic (exact) mass is 169 g/mol. The van der Waals surface area contributed by atoms with Crippen LogP contribution in [0.3, 0.4) is 0 Å². The number of nitrogen functional groups attached to an aromatic ring is 1. The highest BCUT2D eigenvalue weighted by Crippen LogP contribution is 1.99. The van der Waals surface area contributed by atoms with Crippen LogP contribution in [0, 0.1) is 4.77 Å². The van der Waals surface area contributed by atoms with Gasteiger partial charge in [-0.1, -0.05) is 0 Å². The molecule has 3 nitrogen and oxygen atoms in total. The van der Waals surface area contributed by atoms with Gasteiger partial charge in [0.2, 0.25) is 4.77 Å². The zero-order valence-corrected chi connectivity index (χ0v) is 6.20. The largest absolute Gasteiger partial charge is 0.374 e. The number of hydrogen-bond acceptors (Lipinski definition) is 4. The van der Waals surface area contributed by atoms with Gasteiger partial charge in [0, 0.05) is 0 Å². The molecule has 0 aliphatic carbocycles. The Morgan fingerprint density at radius 2 is 2.38 bits per heavy atom. The first kappa shape index (κ1) is 7.87. The third-order valence-electron chi connectivity index (χ3n) is 0.455. The predicted molar refractivity (Wildman–Crippen MR) is 39.0 cm³/mol. The van der Waals surface area contributed by atoms with E-state index in [0.29, 0.717) is 9.90 Å². The molecule has 6 heteroatoms. The number of nitrogens with two attached hydrogens (primary N) is 1. The fourth-order valence-corrected chi connectivity index (χ4v) is 0.897. The SMILES string of the molecule is Cl.Nc1nc(=S)[nH]s1. The van der Waals surface area contributed by atoms with Crippen molar-refractivity contribution in [3.8, 4) is 0 Å². The van der Waals surface area contributed by atoms with Crippen LogP contribution in [0.5, 0.6) is 0 Å². The zero-order valence-electron chi connectivity index (χ0n) is 3.75. The third kappa shape index (κ3) is 1.77. The lowest BCUT2D eigenvalue weighted by Gasteiger charge is -1.65. The lowest BCUT2D eigenvalue weighted by molar-refractivity contribution is 1.29. The number of H-pyrrole nitrogens is 1. The van der Waals surface area contributed by atoms with Crippen LogP contribution in [0.2, 0.25) is 0 Å². The second-order valence-electron chi connectivity index (χ2n) is 0.959. The van der Waals surface area contributed by atoms with Crippen LogP contribution in [0.1, 0.15) is 0 Å². The van der Waals surface area contributed by atoms with E-state index < -0.39 is 0 Å². The molecule has 0 unspecified atom stereocenters. The van der Waals surface area contributed by atoms with Gasteiger partial charge in [0.15, 0.2) is 5.13 Å². The van der Waals surface area contributed by atoms with Gasteiger partial charge in [0.05, 0.1) is 0 Å². The van der Waals surface area contributed by atoms with Crippen molar-refractivity contribution in [1.29, 1.82) is 0 Å². The van der Waals surface area contributed by atoms with Crippen LogP contribution in [0.4, 0.5) is 5.13 Å². The van der Waals surface area contributed by atoms with Gasteiger partial charge in [-0.25, -0.2) is 0 Å². The van der Waals surface area contributed by atoms with E-state index in [4.69, 9.17) is 5.73 Å². The third-order valence-corrected chi connectivity index (χ3v) is 1.37. The summed E-state index contributed by atoms with van der Waals surface area (Å²) in [5.74, 6) is 0. The minimum atomic E-state index is 0. The summed E-state index contributed by atoms with van der Waals surface area (Å²) in [6.07, 6.45) is 0. The summed E-state index contributed by atoms with van der Waals surface area (Å²) in [4.78, 5) is 3.67. The molecule has 0 spiro atoms. The van der Waals surface area contributed by atoms with Gasteiger partial charge in [0.1, 0.15) is 0 Å². The second kappa shape index (κ2) is 3.01. The maximum Gasteiger partial charge on any atom is 0.209 e. The highest BCUT2D eigenvalue weighted by molar-refractivity contribution is 7.71. The van der Waals surface area contributed by atoms with Crippen molar-refractivity contribution in [2.24, 2.45) is 0 Å². The molecule has 1 heterocycles. The fourth-order valence-electron chi connectivity index (χ4n) is 0.242. The van der Waals surface area contributed by atoms with Gasteiger partial charge in [-0.2, -0.15) is 4.98 Å². The molecular weight excluding hydrogens is 166 g/mol. The molecule has 0 fully saturated rings. The standard InChI is InChI=1S/C2H3N3S2.ClH/c3-1-4-2(6)5-7-1;/h(H3,3,4,5,6);1H. The van der Waals surface area contributed by atoms with E-state index in [1.54, 1.807) is 0 Å². The molecule has 0 saturated heterocycles. The summed E-state index contributed by atoms with van der Waals surface area (Å²) in [7, 11) is 0. The summed E-state index contributed by atoms with van der Waals surface area (Å²) in [6.45, 7) is 0. The Balaban J connectivity index is 0.000000490. The Kier molecular flexibility index (Phi) is 2.96. The minimum Gasteiger partial charge on any atom is -0.374 e. The van der Waals surface area contributed by atoms with Crippen molar-refractivity contribution in [3.63, 3.8) is 0 Å². The number of nitrogens with zero attached hydrogens (tertiary/aromatic N) is 1. The first-order chi connectivity index (χ1) is 3.29. The molecule has 0 amide bonds. The number of anilines is 1. The summed E-state index contributed by atoms with van der Waals surface area (Å²) < 4.78 is 3.15. The van der Waals surface area contributed by atoms with Gasteiger partial charge in [0.25, 0.3) is 0 Å². The molecule has 0 saturated carbocycles. The molecule has 0 radical (unpaired) electrons. The number of aromatic nitrogens is 2. The van der Waals surface area contributed by atoms with Crippen molar-refractivity contribution in [1.82, 2.24) is 9.36 Å². The highest BCUT2D eigenvalue weighted by Gasteiger charge is 1.82. The quantitative estimate of drug-likeness (QED) is 0.574. The van der Waals surface area contributed by atoms with Crippen LogP contribution in [0.15, 0.2) is 0 Å². The Hall–Kier alpha value is -0.130. The molecule has 0 aromatic carbocycles. The molecule has 0 bridgehead atoms. The van der Waals surface area contributed by atoms with Crippen LogP contribution < -0.4 is 5.73 Å². The predicted octanol–water partition coefficient (Wildman–Crippen LogP) is 1.20. The van der Waals surface area contributed by atoms with Gasteiger partial charge >= 0.3 is 0 Å². The number of nitrogens with one attached hydrogen (secondary N) is 1. The van der Waals surface area contributed by atoms with Crippen molar-refractivity contribution in [2.45, 2.75) is 0 Å². The lowest BCUT2D eigenvalue weighted by atomic mass is 11.2. The normalized spacial score (nSPS) is 8.00. The molecule has 8 heavy (non-hydrogen) atoms. The molecule has 1 rings (SSSR count). The Morgan fingerprint density at radius 3 is 2.50 bits per heavy atom. The minimum absolute atomic E-state index is 0. The van der Waals surface area contributed by atoms with E-state index in [1.807, 2.05) is 0 Å². The molecule has 0 atom stereocenters. The number of halogens is 1. The van der Waals surface area contributed by atoms with Crippen molar-refractivity contribution >= 4 is 41.3 Å². The van der Waals surface area contributed by atoms with Crippen LogP contribution in [0.25, 0.3) is 0 Å². The maximum atomic E-state index is 5.19.